The Kier molecular flexibility index (Phi) is 2.49. The van der Waals surface area contributed by atoms with Crippen molar-refractivity contribution in [3.05, 3.63) is 23.3 Å². The number of ketones is 1. The van der Waals surface area contributed by atoms with E-state index in [1.54, 1.807) is 0 Å². The van der Waals surface area contributed by atoms with Gasteiger partial charge in [-0.1, -0.05) is 17.7 Å². The molecule has 0 spiro atoms. The van der Waals surface area contributed by atoms with Crippen molar-refractivity contribution in [3.63, 3.8) is 0 Å². The summed E-state index contributed by atoms with van der Waals surface area (Å²) in [5.41, 5.74) is 1.06. The third-order valence-electron chi connectivity index (χ3n) is 3.69. The lowest BCUT2D eigenvalue weighted by Crippen LogP contribution is -2.44. The number of carbonyl (C=O) groups is 2. The molecule has 2 bridgehead atoms. The van der Waals surface area contributed by atoms with Gasteiger partial charge in [-0.25, -0.2) is 0 Å². The second-order valence-corrected chi connectivity index (χ2v) is 4.85. The lowest BCUT2D eigenvalue weighted by atomic mass is 9.59. The van der Waals surface area contributed by atoms with Crippen molar-refractivity contribution in [3.8, 4) is 0 Å². The number of hydrogen-bond donors (Lipinski definition) is 1. The highest BCUT2D eigenvalue weighted by Gasteiger charge is 2.51. The van der Waals surface area contributed by atoms with Crippen LogP contribution in [0.5, 0.6) is 0 Å². The van der Waals surface area contributed by atoms with Crippen molar-refractivity contribution < 1.29 is 14.7 Å². The monoisotopic (exact) mass is 220 g/mol. The van der Waals surface area contributed by atoms with Gasteiger partial charge in [-0.2, -0.15) is 0 Å². The molecule has 2 aliphatic carbocycles. The van der Waals surface area contributed by atoms with E-state index >= 15 is 0 Å². The van der Waals surface area contributed by atoms with Gasteiger partial charge in [-0.15, -0.1) is 0 Å². The van der Waals surface area contributed by atoms with Crippen LogP contribution in [0.15, 0.2) is 23.3 Å². The Morgan fingerprint density at radius 2 is 2.25 bits per heavy atom. The summed E-state index contributed by atoms with van der Waals surface area (Å²) in [5, 5.41) is 9.46. The van der Waals surface area contributed by atoms with E-state index in [1.165, 1.54) is 0 Å². The van der Waals surface area contributed by atoms with Crippen molar-refractivity contribution in [1.29, 1.82) is 0 Å². The van der Waals surface area contributed by atoms with Gasteiger partial charge >= 0.3 is 5.97 Å². The number of carboxylic acids is 1. The second-order valence-electron chi connectivity index (χ2n) is 4.85. The highest BCUT2D eigenvalue weighted by atomic mass is 16.4. The highest BCUT2D eigenvalue weighted by molar-refractivity contribution is 5.92. The minimum Gasteiger partial charge on any atom is -0.481 e. The molecule has 0 radical (unpaired) electrons. The SMILES string of the molecule is C/C=C1/C2C=C(C)CC1(C(=O)O)CC(=O)C2. The molecule has 2 atom stereocenters. The van der Waals surface area contributed by atoms with Crippen LogP contribution < -0.4 is 0 Å². The molecule has 0 aromatic carbocycles. The molecular formula is C13H16O3. The second kappa shape index (κ2) is 3.58. The number of carbonyl (C=O) groups excluding carboxylic acids is 1. The molecule has 1 saturated carbocycles. The van der Waals surface area contributed by atoms with Crippen molar-refractivity contribution in [1.82, 2.24) is 0 Å². The quantitative estimate of drug-likeness (QED) is 0.690. The third-order valence-corrected chi connectivity index (χ3v) is 3.69. The molecule has 1 N–H and O–H groups in total. The lowest BCUT2D eigenvalue weighted by Gasteiger charge is -2.42. The van der Waals surface area contributed by atoms with Gasteiger partial charge < -0.3 is 5.11 Å². The van der Waals surface area contributed by atoms with Crippen LogP contribution >= 0.6 is 0 Å². The topological polar surface area (TPSA) is 54.4 Å². The van der Waals surface area contributed by atoms with E-state index in [0.717, 1.165) is 11.1 Å². The minimum absolute atomic E-state index is 0.0103. The molecule has 2 aliphatic rings. The zero-order valence-corrected chi connectivity index (χ0v) is 9.62. The van der Waals surface area contributed by atoms with E-state index in [-0.39, 0.29) is 18.1 Å². The molecule has 2 rings (SSSR count). The Morgan fingerprint density at radius 1 is 1.56 bits per heavy atom. The first-order chi connectivity index (χ1) is 7.49. The highest BCUT2D eigenvalue weighted by Crippen LogP contribution is 2.51. The predicted octanol–water partition coefficient (Wildman–Crippen LogP) is 2.33. The molecular weight excluding hydrogens is 204 g/mol. The molecule has 0 aromatic heterocycles. The maximum atomic E-state index is 11.6. The van der Waals surface area contributed by atoms with Gasteiger partial charge in [0.1, 0.15) is 5.78 Å². The summed E-state index contributed by atoms with van der Waals surface area (Å²) in [6.07, 6.45) is 5.03. The fourth-order valence-corrected chi connectivity index (χ4v) is 3.18. The third kappa shape index (κ3) is 1.42. The lowest BCUT2D eigenvalue weighted by molar-refractivity contribution is -0.151. The molecule has 0 saturated heterocycles. The van der Waals surface area contributed by atoms with Crippen LogP contribution in [0.1, 0.15) is 33.1 Å². The number of carboxylic acid groups (broad SMARTS) is 1. The first-order valence-corrected chi connectivity index (χ1v) is 5.58. The van der Waals surface area contributed by atoms with E-state index in [1.807, 2.05) is 26.0 Å². The molecule has 1 fully saturated rings. The van der Waals surface area contributed by atoms with Gasteiger partial charge in [0.15, 0.2) is 0 Å². The van der Waals surface area contributed by atoms with Gasteiger partial charge in [-0.3, -0.25) is 9.59 Å². The summed E-state index contributed by atoms with van der Waals surface area (Å²) in [6.45, 7) is 3.82. The Balaban J connectivity index is 2.57. The molecule has 0 aromatic rings. The van der Waals surface area contributed by atoms with Crippen LogP contribution in [0.4, 0.5) is 0 Å². The smallest absolute Gasteiger partial charge is 0.314 e. The van der Waals surface area contributed by atoms with Crippen LogP contribution in [0.3, 0.4) is 0 Å². The summed E-state index contributed by atoms with van der Waals surface area (Å²) < 4.78 is 0. The van der Waals surface area contributed by atoms with Crippen LogP contribution in [0.25, 0.3) is 0 Å². The van der Waals surface area contributed by atoms with E-state index in [9.17, 15) is 14.7 Å². The summed E-state index contributed by atoms with van der Waals surface area (Å²) >= 11 is 0. The minimum atomic E-state index is -0.951. The van der Waals surface area contributed by atoms with Crippen LogP contribution in [0.2, 0.25) is 0 Å². The Labute approximate surface area is 94.8 Å². The Morgan fingerprint density at radius 3 is 2.81 bits per heavy atom. The zero-order chi connectivity index (χ0) is 11.9. The first-order valence-electron chi connectivity index (χ1n) is 5.58. The predicted molar refractivity (Wildman–Crippen MR) is 59.9 cm³/mol. The van der Waals surface area contributed by atoms with Gasteiger partial charge in [0.05, 0.1) is 5.41 Å². The summed E-state index contributed by atoms with van der Waals surface area (Å²) in [5.74, 6) is -0.774. The summed E-state index contributed by atoms with van der Waals surface area (Å²) in [7, 11) is 0. The van der Waals surface area contributed by atoms with Gasteiger partial charge in [-0.05, 0) is 25.8 Å². The fourth-order valence-electron chi connectivity index (χ4n) is 3.18. The summed E-state index contributed by atoms with van der Waals surface area (Å²) in [6, 6.07) is 0. The van der Waals surface area contributed by atoms with E-state index in [2.05, 4.69) is 0 Å². The molecule has 0 heterocycles. The van der Waals surface area contributed by atoms with Crippen molar-refractivity contribution in [2.75, 3.05) is 0 Å². The number of allylic oxidation sites excluding steroid dienone is 3. The maximum Gasteiger partial charge on any atom is 0.314 e. The van der Waals surface area contributed by atoms with Gasteiger partial charge in [0, 0.05) is 18.8 Å². The van der Waals surface area contributed by atoms with E-state index < -0.39 is 11.4 Å². The van der Waals surface area contributed by atoms with Crippen molar-refractivity contribution >= 4 is 11.8 Å². The van der Waals surface area contributed by atoms with Crippen LogP contribution in [-0.2, 0) is 9.59 Å². The zero-order valence-electron chi connectivity index (χ0n) is 9.62. The number of aliphatic carboxylic acids is 1. The molecule has 3 heteroatoms. The number of fused-ring (bicyclic) bond motifs is 2. The van der Waals surface area contributed by atoms with Crippen molar-refractivity contribution in [2.45, 2.75) is 33.1 Å². The Hall–Kier alpha value is -1.38. The van der Waals surface area contributed by atoms with Gasteiger partial charge in [0.25, 0.3) is 0 Å². The van der Waals surface area contributed by atoms with E-state index in [4.69, 9.17) is 0 Å². The number of rotatable bonds is 1. The molecule has 16 heavy (non-hydrogen) atoms. The summed E-state index contributed by atoms with van der Waals surface area (Å²) in [4.78, 5) is 23.2. The average Bonchev–Trinajstić information content (AvgIpc) is 2.14. The first kappa shape index (κ1) is 11.1. The maximum absolute atomic E-state index is 11.6. The van der Waals surface area contributed by atoms with Gasteiger partial charge in [0.2, 0.25) is 0 Å². The fraction of sp³-hybridized carbons (Fsp3) is 0.538. The molecule has 3 nitrogen and oxygen atoms in total. The largest absolute Gasteiger partial charge is 0.481 e. The molecule has 0 aliphatic heterocycles. The molecule has 2 unspecified atom stereocenters. The number of Topliss-reactive ketones (excluding diaryl/α,β-unsaturated/α-hetero) is 1. The average molecular weight is 220 g/mol. The van der Waals surface area contributed by atoms with Crippen LogP contribution in [0, 0.1) is 11.3 Å². The number of hydrogen-bond acceptors (Lipinski definition) is 2. The molecule has 0 amide bonds. The van der Waals surface area contributed by atoms with Crippen LogP contribution in [-0.4, -0.2) is 16.9 Å². The molecule has 86 valence electrons. The standard InChI is InChI=1S/C13H16O3/c1-3-11-9-4-8(2)6-13(11,12(15)16)7-10(14)5-9/h3-4,9H,5-7H2,1-2H3,(H,15,16)/b11-3-. The van der Waals surface area contributed by atoms with E-state index in [0.29, 0.717) is 12.8 Å². The Bertz CT molecular complexity index is 417. The normalized spacial score (nSPS) is 36.1. The van der Waals surface area contributed by atoms with Crippen molar-refractivity contribution in [2.24, 2.45) is 11.3 Å².